The minimum absolute atomic E-state index is 0.0759. The number of nitrogens with one attached hydrogen (secondary N) is 1. The molecule has 9 heteroatoms. The van der Waals surface area contributed by atoms with Crippen LogP contribution in [0.4, 0.5) is 5.69 Å². The fourth-order valence-corrected chi connectivity index (χ4v) is 4.94. The molecule has 2 aromatic heterocycles. The van der Waals surface area contributed by atoms with E-state index in [9.17, 15) is 9.59 Å². The van der Waals surface area contributed by atoms with Gasteiger partial charge in [0.15, 0.2) is 11.7 Å². The zero-order valence-corrected chi connectivity index (χ0v) is 21.0. The van der Waals surface area contributed by atoms with Crippen LogP contribution in [0.1, 0.15) is 54.3 Å². The summed E-state index contributed by atoms with van der Waals surface area (Å²) in [6.07, 6.45) is 6.81. The van der Waals surface area contributed by atoms with E-state index in [4.69, 9.17) is 4.74 Å². The van der Waals surface area contributed by atoms with Crippen LogP contribution in [-0.4, -0.2) is 32.4 Å². The molecule has 0 saturated heterocycles. The van der Waals surface area contributed by atoms with Crippen molar-refractivity contribution < 1.29 is 14.3 Å². The lowest BCUT2D eigenvalue weighted by atomic mass is 9.95. The van der Waals surface area contributed by atoms with Crippen molar-refractivity contribution in [3.63, 3.8) is 0 Å². The van der Waals surface area contributed by atoms with Gasteiger partial charge in [-0.2, -0.15) is 0 Å². The van der Waals surface area contributed by atoms with Crippen molar-refractivity contribution in [2.24, 2.45) is 0 Å². The van der Waals surface area contributed by atoms with Crippen LogP contribution in [0.5, 0.6) is 11.5 Å². The minimum atomic E-state index is -0.988. The van der Waals surface area contributed by atoms with Crippen molar-refractivity contribution in [3.05, 3.63) is 95.8 Å². The van der Waals surface area contributed by atoms with Crippen molar-refractivity contribution in [2.45, 2.75) is 44.2 Å². The zero-order chi connectivity index (χ0) is 25.5. The highest BCUT2D eigenvalue weighted by Crippen LogP contribution is 2.32. The lowest BCUT2D eigenvalue weighted by Gasteiger charge is -2.32. The van der Waals surface area contributed by atoms with Crippen molar-refractivity contribution in [2.75, 3.05) is 4.90 Å². The van der Waals surface area contributed by atoms with Gasteiger partial charge in [0, 0.05) is 23.3 Å². The van der Waals surface area contributed by atoms with Gasteiger partial charge in [-0.1, -0.05) is 48.0 Å². The first kappa shape index (κ1) is 24.6. The number of para-hydroxylation sites is 1. The zero-order valence-electron chi connectivity index (χ0n) is 20.2. The third kappa shape index (κ3) is 6.00. The molecule has 1 atom stereocenters. The summed E-state index contributed by atoms with van der Waals surface area (Å²) >= 11 is 1.08. The second-order valence-electron chi connectivity index (χ2n) is 8.87. The average Bonchev–Trinajstić information content (AvgIpc) is 3.49. The maximum absolute atomic E-state index is 13.8. The molecule has 0 unspecified atom stereocenters. The van der Waals surface area contributed by atoms with E-state index in [0.717, 1.165) is 37.2 Å². The number of ether oxygens (including phenoxy) is 1. The third-order valence-corrected chi connectivity index (χ3v) is 6.82. The summed E-state index contributed by atoms with van der Waals surface area (Å²) in [4.78, 5) is 33.5. The Labute approximate surface area is 219 Å². The molecule has 0 spiro atoms. The Balaban J connectivity index is 1.51. The number of hydrogen-bond donors (Lipinski definition) is 1. The third-order valence-electron chi connectivity index (χ3n) is 6.32. The van der Waals surface area contributed by atoms with E-state index in [1.807, 2.05) is 36.4 Å². The maximum Gasteiger partial charge on any atom is 0.280 e. The van der Waals surface area contributed by atoms with Gasteiger partial charge in [0.1, 0.15) is 11.5 Å². The Morgan fingerprint density at radius 1 is 0.919 bits per heavy atom. The van der Waals surface area contributed by atoms with Gasteiger partial charge in [-0.25, -0.2) is 0 Å². The molecule has 188 valence electrons. The SMILES string of the molecule is O=C(NC1CCCCC1)[C@@H](c1ccccn1)N(C(=O)c1csnn1)c1ccc(Oc2ccccc2)cc1. The van der Waals surface area contributed by atoms with Crippen molar-refractivity contribution in [3.8, 4) is 11.5 Å². The molecular formula is C28H27N5O3S. The first-order valence-electron chi connectivity index (χ1n) is 12.3. The van der Waals surface area contributed by atoms with Crippen LogP contribution in [0.25, 0.3) is 0 Å². The smallest absolute Gasteiger partial charge is 0.280 e. The van der Waals surface area contributed by atoms with Crippen molar-refractivity contribution in [1.82, 2.24) is 19.9 Å². The summed E-state index contributed by atoms with van der Waals surface area (Å²) in [7, 11) is 0. The highest BCUT2D eigenvalue weighted by molar-refractivity contribution is 7.03. The van der Waals surface area contributed by atoms with Gasteiger partial charge in [0.25, 0.3) is 5.91 Å². The van der Waals surface area contributed by atoms with E-state index in [1.165, 1.54) is 11.3 Å². The van der Waals surface area contributed by atoms with Crippen molar-refractivity contribution >= 4 is 29.0 Å². The predicted octanol–water partition coefficient (Wildman–Crippen LogP) is 5.56. The van der Waals surface area contributed by atoms with E-state index < -0.39 is 11.9 Å². The topological polar surface area (TPSA) is 97.3 Å². The first-order valence-corrected chi connectivity index (χ1v) is 13.2. The molecule has 0 bridgehead atoms. The van der Waals surface area contributed by atoms with Gasteiger partial charge in [-0.05, 0) is 72.9 Å². The molecule has 2 heterocycles. The number of carbonyl (C=O) groups is 2. The average molecular weight is 514 g/mol. The van der Waals surface area contributed by atoms with Gasteiger partial charge < -0.3 is 10.1 Å². The highest BCUT2D eigenvalue weighted by Gasteiger charge is 2.36. The Morgan fingerprint density at radius 2 is 1.65 bits per heavy atom. The molecule has 0 aliphatic heterocycles. The Bertz CT molecular complexity index is 1290. The Kier molecular flexibility index (Phi) is 7.81. The normalized spacial score (nSPS) is 14.5. The fourth-order valence-electron chi connectivity index (χ4n) is 4.51. The summed E-state index contributed by atoms with van der Waals surface area (Å²) in [6, 6.07) is 21.0. The van der Waals surface area contributed by atoms with E-state index in [0.29, 0.717) is 22.9 Å². The van der Waals surface area contributed by atoms with Crippen LogP contribution in [-0.2, 0) is 4.79 Å². The predicted molar refractivity (Wildman–Crippen MR) is 142 cm³/mol. The van der Waals surface area contributed by atoms with Crippen molar-refractivity contribution in [1.29, 1.82) is 0 Å². The lowest BCUT2D eigenvalue weighted by Crippen LogP contribution is -2.47. The molecular weight excluding hydrogens is 486 g/mol. The number of pyridine rings is 1. The van der Waals surface area contributed by atoms with E-state index in [2.05, 4.69) is 19.9 Å². The molecule has 1 fully saturated rings. The Hall–Kier alpha value is -4.11. The van der Waals surface area contributed by atoms with Gasteiger partial charge in [0.05, 0.1) is 5.69 Å². The second kappa shape index (κ2) is 11.7. The number of nitrogens with zero attached hydrogens (tertiary/aromatic N) is 4. The molecule has 5 rings (SSSR count). The number of benzene rings is 2. The molecule has 2 aromatic carbocycles. The number of anilines is 1. The molecule has 0 radical (unpaired) electrons. The Morgan fingerprint density at radius 3 is 2.32 bits per heavy atom. The minimum Gasteiger partial charge on any atom is -0.457 e. The van der Waals surface area contributed by atoms with Crippen LogP contribution >= 0.6 is 11.5 Å². The fraction of sp³-hybridized carbons (Fsp3) is 0.250. The molecule has 1 aliphatic carbocycles. The number of carbonyl (C=O) groups excluding carboxylic acids is 2. The molecule has 1 aliphatic rings. The van der Waals surface area contributed by atoms with E-state index in [-0.39, 0.29) is 17.6 Å². The first-order chi connectivity index (χ1) is 18.2. The van der Waals surface area contributed by atoms with E-state index >= 15 is 0 Å². The summed E-state index contributed by atoms with van der Waals surface area (Å²) in [5, 5.41) is 8.75. The number of amides is 2. The molecule has 4 aromatic rings. The largest absolute Gasteiger partial charge is 0.457 e. The molecule has 37 heavy (non-hydrogen) atoms. The van der Waals surface area contributed by atoms with Crippen LogP contribution in [0.15, 0.2) is 84.4 Å². The summed E-state index contributed by atoms with van der Waals surface area (Å²) in [6.45, 7) is 0. The molecule has 1 saturated carbocycles. The van der Waals surface area contributed by atoms with Crippen LogP contribution < -0.4 is 15.0 Å². The number of aromatic nitrogens is 3. The summed E-state index contributed by atoms with van der Waals surface area (Å²) < 4.78 is 9.78. The van der Waals surface area contributed by atoms with Crippen LogP contribution in [0, 0.1) is 0 Å². The maximum atomic E-state index is 13.8. The lowest BCUT2D eigenvalue weighted by molar-refractivity contribution is -0.123. The quantitative estimate of drug-likeness (QED) is 0.331. The van der Waals surface area contributed by atoms with E-state index in [1.54, 1.807) is 48.0 Å². The highest BCUT2D eigenvalue weighted by atomic mass is 32.1. The molecule has 1 N–H and O–H groups in total. The van der Waals surface area contributed by atoms with Crippen LogP contribution in [0.3, 0.4) is 0 Å². The number of rotatable bonds is 8. The van der Waals surface area contributed by atoms with Gasteiger partial charge in [-0.3, -0.25) is 19.5 Å². The summed E-state index contributed by atoms with van der Waals surface area (Å²) in [5.41, 5.74) is 1.16. The van der Waals surface area contributed by atoms with Crippen LogP contribution in [0.2, 0.25) is 0 Å². The molecule has 8 nitrogen and oxygen atoms in total. The van der Waals surface area contributed by atoms with Gasteiger partial charge >= 0.3 is 0 Å². The monoisotopic (exact) mass is 513 g/mol. The van der Waals surface area contributed by atoms with Gasteiger partial charge in [-0.15, -0.1) is 5.10 Å². The van der Waals surface area contributed by atoms with Gasteiger partial charge in [0.2, 0.25) is 5.91 Å². The standard InChI is InChI=1S/C28H27N5O3S/c34-27(30-20-9-3-1-4-10-20)26(24-13-7-8-18-29-24)33(28(35)25-19-37-32-31-25)21-14-16-23(17-15-21)36-22-11-5-2-6-12-22/h2,5-8,11-20,26H,1,3-4,9-10H2,(H,30,34)/t26-/m1/s1. The second-order valence-corrected chi connectivity index (χ2v) is 9.48. The summed E-state index contributed by atoms with van der Waals surface area (Å²) in [5.74, 6) is 0.611. The molecule has 2 amide bonds. The number of hydrogen-bond acceptors (Lipinski definition) is 7.